The van der Waals surface area contributed by atoms with Gasteiger partial charge in [-0.05, 0) is 36.8 Å². The van der Waals surface area contributed by atoms with Crippen LogP contribution in [0.2, 0.25) is 0 Å². The van der Waals surface area contributed by atoms with Gasteiger partial charge in [-0.25, -0.2) is 0 Å². The van der Waals surface area contributed by atoms with Crippen molar-refractivity contribution in [1.29, 1.82) is 0 Å². The summed E-state index contributed by atoms with van der Waals surface area (Å²) in [7, 11) is 1.87. The molecule has 1 saturated heterocycles. The third-order valence-corrected chi connectivity index (χ3v) is 4.61. The van der Waals surface area contributed by atoms with Crippen LogP contribution >= 0.6 is 24.0 Å². The van der Waals surface area contributed by atoms with E-state index in [0.717, 1.165) is 18.3 Å². The highest BCUT2D eigenvalue weighted by Gasteiger charge is 2.40. The lowest BCUT2D eigenvalue weighted by Crippen LogP contribution is -2.40. The van der Waals surface area contributed by atoms with Crippen molar-refractivity contribution in [2.24, 2.45) is 10.4 Å². The summed E-state index contributed by atoms with van der Waals surface area (Å²) in [5, 5.41) is 3.40. The lowest BCUT2D eigenvalue weighted by Gasteiger charge is -2.25. The Hall–Kier alpha value is -0.720. The molecule has 2 heterocycles. The Kier molecular flexibility index (Phi) is 5.35. The van der Waals surface area contributed by atoms with Crippen molar-refractivity contribution in [3.05, 3.63) is 24.2 Å². The number of halogens is 1. The molecule has 2 fully saturated rings. The minimum absolute atomic E-state index is 0. The van der Waals surface area contributed by atoms with Crippen LogP contribution in [0.15, 0.2) is 27.8 Å². The van der Waals surface area contributed by atoms with E-state index in [4.69, 9.17) is 4.42 Å². The minimum Gasteiger partial charge on any atom is -0.467 e. The van der Waals surface area contributed by atoms with Crippen LogP contribution in [0, 0.1) is 5.41 Å². The molecule has 1 N–H and O–H groups in total. The first-order valence-electron chi connectivity index (χ1n) is 7.29. The van der Waals surface area contributed by atoms with Gasteiger partial charge < -0.3 is 14.6 Å². The fourth-order valence-electron chi connectivity index (χ4n) is 3.56. The van der Waals surface area contributed by atoms with E-state index in [1.54, 1.807) is 6.26 Å². The van der Waals surface area contributed by atoms with Gasteiger partial charge in [-0.15, -0.1) is 24.0 Å². The average Bonchev–Trinajstić information content (AvgIpc) is 3.15. The zero-order chi connectivity index (χ0) is 13.1. The van der Waals surface area contributed by atoms with Gasteiger partial charge in [-0.3, -0.25) is 4.99 Å². The van der Waals surface area contributed by atoms with Crippen molar-refractivity contribution in [1.82, 2.24) is 10.2 Å². The Morgan fingerprint density at radius 3 is 2.85 bits per heavy atom. The first-order valence-corrected chi connectivity index (χ1v) is 7.29. The van der Waals surface area contributed by atoms with Gasteiger partial charge >= 0.3 is 0 Å². The van der Waals surface area contributed by atoms with Crippen LogP contribution in [0.4, 0.5) is 0 Å². The first kappa shape index (κ1) is 15.7. The number of aliphatic imine (C=N–C) groups is 1. The van der Waals surface area contributed by atoms with Gasteiger partial charge in [0.1, 0.15) is 5.76 Å². The van der Waals surface area contributed by atoms with Crippen molar-refractivity contribution >= 4 is 29.9 Å². The second-order valence-corrected chi connectivity index (χ2v) is 5.86. The van der Waals surface area contributed by atoms with E-state index in [2.05, 4.69) is 15.2 Å². The molecule has 1 aliphatic carbocycles. The summed E-state index contributed by atoms with van der Waals surface area (Å²) in [5.74, 6) is 1.97. The molecule has 0 radical (unpaired) electrons. The monoisotopic (exact) mass is 389 g/mol. The van der Waals surface area contributed by atoms with Gasteiger partial charge in [0, 0.05) is 20.1 Å². The number of nitrogens with zero attached hydrogens (tertiary/aromatic N) is 2. The molecule has 3 rings (SSSR count). The van der Waals surface area contributed by atoms with E-state index in [0.29, 0.717) is 12.0 Å². The summed E-state index contributed by atoms with van der Waals surface area (Å²) in [5.41, 5.74) is 0.586. The van der Waals surface area contributed by atoms with E-state index in [-0.39, 0.29) is 24.0 Å². The van der Waals surface area contributed by atoms with Gasteiger partial charge in [-0.2, -0.15) is 0 Å². The molecule has 0 aromatic carbocycles. The standard InChI is InChI=1S/C15H23N3O.HI/c1-16-14(17-11-13-5-4-10-19-13)18-9-8-15(12-18)6-2-3-7-15;/h4-5,10H,2-3,6-9,11-12H2,1H3,(H,16,17);1H. The van der Waals surface area contributed by atoms with Crippen LogP contribution in [0.3, 0.4) is 0 Å². The smallest absolute Gasteiger partial charge is 0.194 e. The fourth-order valence-corrected chi connectivity index (χ4v) is 3.56. The molecule has 20 heavy (non-hydrogen) atoms. The normalized spacial score (nSPS) is 21.2. The summed E-state index contributed by atoms with van der Waals surface area (Å²) in [6.07, 6.45) is 8.66. The van der Waals surface area contributed by atoms with Crippen LogP contribution < -0.4 is 5.32 Å². The molecular weight excluding hydrogens is 365 g/mol. The predicted molar refractivity (Wildman–Crippen MR) is 91.4 cm³/mol. The quantitative estimate of drug-likeness (QED) is 0.480. The molecule has 112 valence electrons. The first-order chi connectivity index (χ1) is 9.31. The van der Waals surface area contributed by atoms with E-state index < -0.39 is 0 Å². The van der Waals surface area contributed by atoms with Crippen molar-refractivity contribution in [3.8, 4) is 0 Å². The second kappa shape index (κ2) is 6.83. The SMILES string of the molecule is CN=C(NCc1ccco1)N1CCC2(CCCC2)C1.I. The molecule has 0 amide bonds. The van der Waals surface area contributed by atoms with Crippen LogP contribution in [-0.2, 0) is 6.54 Å². The molecule has 0 atom stereocenters. The van der Waals surface area contributed by atoms with Crippen LogP contribution in [-0.4, -0.2) is 31.0 Å². The van der Waals surface area contributed by atoms with Gasteiger partial charge in [0.05, 0.1) is 12.8 Å². The Morgan fingerprint density at radius 2 is 2.20 bits per heavy atom. The maximum absolute atomic E-state index is 5.35. The van der Waals surface area contributed by atoms with Gasteiger partial charge in [-0.1, -0.05) is 12.8 Å². The Bertz CT molecular complexity index is 438. The lowest BCUT2D eigenvalue weighted by molar-refractivity contribution is 0.309. The van der Waals surface area contributed by atoms with Gasteiger partial charge in [0.25, 0.3) is 0 Å². The molecule has 5 heteroatoms. The molecule has 1 aliphatic heterocycles. The van der Waals surface area contributed by atoms with Crippen molar-refractivity contribution < 1.29 is 4.42 Å². The lowest BCUT2D eigenvalue weighted by atomic mass is 9.86. The largest absolute Gasteiger partial charge is 0.467 e. The Morgan fingerprint density at radius 1 is 1.40 bits per heavy atom. The number of guanidine groups is 1. The van der Waals surface area contributed by atoms with Crippen LogP contribution in [0.25, 0.3) is 0 Å². The Labute approximate surface area is 138 Å². The Balaban J connectivity index is 0.00000147. The van der Waals surface area contributed by atoms with E-state index in [1.807, 2.05) is 19.2 Å². The van der Waals surface area contributed by atoms with Crippen molar-refractivity contribution in [2.45, 2.75) is 38.6 Å². The summed E-state index contributed by atoms with van der Waals surface area (Å²) in [4.78, 5) is 6.82. The predicted octanol–water partition coefficient (Wildman–Crippen LogP) is 3.24. The summed E-state index contributed by atoms with van der Waals surface area (Å²) >= 11 is 0. The maximum atomic E-state index is 5.35. The number of nitrogens with one attached hydrogen (secondary N) is 1. The highest BCUT2D eigenvalue weighted by molar-refractivity contribution is 14.0. The van der Waals surface area contributed by atoms with Crippen molar-refractivity contribution in [3.63, 3.8) is 0 Å². The van der Waals surface area contributed by atoms with Crippen molar-refractivity contribution in [2.75, 3.05) is 20.1 Å². The summed E-state index contributed by atoms with van der Waals surface area (Å²) in [6.45, 7) is 3.02. The van der Waals surface area contributed by atoms with E-state index in [9.17, 15) is 0 Å². The average molecular weight is 389 g/mol. The number of hydrogen-bond acceptors (Lipinski definition) is 2. The molecule has 1 aromatic heterocycles. The molecule has 2 aliphatic rings. The molecule has 1 saturated carbocycles. The number of likely N-dealkylation sites (tertiary alicyclic amines) is 1. The third kappa shape index (κ3) is 3.30. The summed E-state index contributed by atoms with van der Waals surface area (Å²) < 4.78 is 5.35. The molecule has 4 nitrogen and oxygen atoms in total. The highest BCUT2D eigenvalue weighted by atomic mass is 127. The molecule has 0 unspecified atom stereocenters. The second-order valence-electron chi connectivity index (χ2n) is 5.86. The van der Waals surface area contributed by atoms with E-state index in [1.165, 1.54) is 38.6 Å². The van der Waals surface area contributed by atoms with E-state index >= 15 is 0 Å². The van der Waals surface area contributed by atoms with Crippen LogP contribution in [0.5, 0.6) is 0 Å². The maximum Gasteiger partial charge on any atom is 0.194 e. The summed E-state index contributed by atoms with van der Waals surface area (Å²) in [6, 6.07) is 3.91. The highest BCUT2D eigenvalue weighted by Crippen LogP contribution is 2.45. The zero-order valence-corrected chi connectivity index (χ0v) is 14.4. The number of rotatable bonds is 2. The number of hydrogen-bond donors (Lipinski definition) is 1. The minimum atomic E-state index is 0. The molecule has 0 bridgehead atoms. The topological polar surface area (TPSA) is 40.8 Å². The molecular formula is C15H24IN3O. The fraction of sp³-hybridized carbons (Fsp3) is 0.667. The van der Waals surface area contributed by atoms with Crippen LogP contribution in [0.1, 0.15) is 37.9 Å². The molecule has 1 spiro atoms. The molecule has 1 aromatic rings. The van der Waals surface area contributed by atoms with Gasteiger partial charge in [0.15, 0.2) is 5.96 Å². The third-order valence-electron chi connectivity index (χ3n) is 4.61. The van der Waals surface area contributed by atoms with Gasteiger partial charge in [0.2, 0.25) is 0 Å². The zero-order valence-electron chi connectivity index (χ0n) is 12.1. The number of furan rings is 1.